The van der Waals surface area contributed by atoms with Crippen molar-refractivity contribution in [2.24, 2.45) is 0 Å². The second-order valence-electron chi connectivity index (χ2n) is 6.30. The first kappa shape index (κ1) is 16.9. The van der Waals surface area contributed by atoms with Gasteiger partial charge in [-0.05, 0) is 47.9 Å². The minimum Gasteiger partial charge on any atom is -0.497 e. The Hall–Kier alpha value is -3.54. The summed E-state index contributed by atoms with van der Waals surface area (Å²) >= 11 is 0. The highest BCUT2D eigenvalue weighted by Crippen LogP contribution is 2.24. The molecule has 6 nitrogen and oxygen atoms in total. The summed E-state index contributed by atoms with van der Waals surface area (Å²) in [6.07, 6.45) is 6.26. The summed E-state index contributed by atoms with van der Waals surface area (Å²) in [5, 5.41) is 10.8. The van der Waals surface area contributed by atoms with E-state index in [1.165, 1.54) is 0 Å². The summed E-state index contributed by atoms with van der Waals surface area (Å²) in [4.78, 5) is 15.8. The summed E-state index contributed by atoms with van der Waals surface area (Å²) < 4.78 is 5.30. The van der Waals surface area contributed by atoms with Gasteiger partial charge in [0.15, 0.2) is 0 Å². The zero-order valence-corrected chi connectivity index (χ0v) is 15.0. The highest BCUT2D eigenvalue weighted by Gasteiger charge is 2.09. The molecule has 3 N–H and O–H groups in total. The number of rotatable bonds is 6. The average Bonchev–Trinajstić information content (AvgIpc) is 3.38. The van der Waals surface area contributed by atoms with Crippen LogP contribution in [0.3, 0.4) is 0 Å². The molecule has 0 aliphatic carbocycles. The number of H-pyrrole nitrogens is 2. The van der Waals surface area contributed by atoms with E-state index in [0.29, 0.717) is 12.1 Å². The summed E-state index contributed by atoms with van der Waals surface area (Å²) in [5.74, 6) is 0.737. The maximum atomic E-state index is 12.5. The van der Waals surface area contributed by atoms with Crippen LogP contribution < -0.4 is 10.1 Å². The largest absolute Gasteiger partial charge is 0.497 e. The molecule has 27 heavy (non-hydrogen) atoms. The van der Waals surface area contributed by atoms with E-state index in [1.54, 1.807) is 13.3 Å². The van der Waals surface area contributed by atoms with Crippen molar-refractivity contribution in [2.45, 2.75) is 6.42 Å². The number of nitrogens with zero attached hydrogens (tertiary/aromatic N) is 1. The smallest absolute Gasteiger partial charge is 0.251 e. The number of fused-ring (bicyclic) bond motifs is 1. The fraction of sp³-hybridized carbons (Fsp3) is 0.143. The molecule has 0 atom stereocenters. The predicted octanol–water partition coefficient (Wildman–Crippen LogP) is 3.54. The molecule has 136 valence electrons. The molecule has 6 heteroatoms. The van der Waals surface area contributed by atoms with Gasteiger partial charge >= 0.3 is 0 Å². The Morgan fingerprint density at radius 2 is 2.07 bits per heavy atom. The van der Waals surface area contributed by atoms with Crippen molar-refractivity contribution in [1.82, 2.24) is 20.5 Å². The lowest BCUT2D eigenvalue weighted by molar-refractivity contribution is 0.0954. The van der Waals surface area contributed by atoms with Gasteiger partial charge < -0.3 is 15.0 Å². The fourth-order valence-corrected chi connectivity index (χ4v) is 3.15. The number of nitrogens with one attached hydrogen (secondary N) is 3. The quantitative estimate of drug-likeness (QED) is 0.492. The molecule has 4 aromatic rings. The fourth-order valence-electron chi connectivity index (χ4n) is 3.15. The van der Waals surface area contributed by atoms with Crippen LogP contribution in [0, 0.1) is 0 Å². The van der Waals surface area contributed by atoms with Crippen LogP contribution in [0.5, 0.6) is 5.75 Å². The maximum Gasteiger partial charge on any atom is 0.251 e. The normalized spacial score (nSPS) is 10.9. The zero-order valence-electron chi connectivity index (χ0n) is 15.0. The number of methoxy groups -OCH3 is 1. The van der Waals surface area contributed by atoms with Crippen LogP contribution in [0.1, 0.15) is 15.9 Å². The monoisotopic (exact) mass is 360 g/mol. The highest BCUT2D eigenvalue weighted by molar-refractivity contribution is 5.95. The Balaban J connectivity index is 1.42. The van der Waals surface area contributed by atoms with Crippen molar-refractivity contribution < 1.29 is 9.53 Å². The van der Waals surface area contributed by atoms with Crippen molar-refractivity contribution >= 4 is 16.8 Å². The van der Waals surface area contributed by atoms with Crippen LogP contribution in [0.15, 0.2) is 61.1 Å². The SMILES string of the molecule is COc1ccc2[nH]cc(CCNC(=O)c3cccc(-c4cn[nH]c4)c3)c2c1. The first-order valence-corrected chi connectivity index (χ1v) is 8.76. The van der Waals surface area contributed by atoms with Crippen LogP contribution in [-0.2, 0) is 6.42 Å². The lowest BCUT2D eigenvalue weighted by atomic mass is 10.1. The van der Waals surface area contributed by atoms with Crippen LogP contribution in [0.2, 0.25) is 0 Å². The molecule has 2 aromatic heterocycles. The lowest BCUT2D eigenvalue weighted by Crippen LogP contribution is -2.25. The Morgan fingerprint density at radius 1 is 1.15 bits per heavy atom. The highest BCUT2D eigenvalue weighted by atomic mass is 16.5. The predicted molar refractivity (Wildman–Crippen MR) is 105 cm³/mol. The molecule has 0 saturated heterocycles. The van der Waals surface area contributed by atoms with E-state index in [2.05, 4.69) is 20.5 Å². The van der Waals surface area contributed by atoms with Gasteiger partial charge in [0.1, 0.15) is 5.75 Å². The van der Waals surface area contributed by atoms with Gasteiger partial charge in [-0.2, -0.15) is 5.10 Å². The third-order valence-electron chi connectivity index (χ3n) is 4.61. The number of benzene rings is 2. The molecule has 0 aliphatic rings. The molecule has 0 spiro atoms. The van der Waals surface area contributed by atoms with Crippen molar-refractivity contribution in [3.63, 3.8) is 0 Å². The van der Waals surface area contributed by atoms with E-state index in [-0.39, 0.29) is 5.91 Å². The summed E-state index contributed by atoms with van der Waals surface area (Å²) in [6, 6.07) is 13.5. The molecule has 0 bridgehead atoms. The summed E-state index contributed by atoms with van der Waals surface area (Å²) in [6.45, 7) is 0.554. The van der Waals surface area contributed by atoms with Gasteiger partial charge in [-0.1, -0.05) is 12.1 Å². The number of hydrogen-bond donors (Lipinski definition) is 3. The van der Waals surface area contributed by atoms with Gasteiger partial charge in [-0.15, -0.1) is 0 Å². The van der Waals surface area contributed by atoms with E-state index in [4.69, 9.17) is 4.74 Å². The van der Waals surface area contributed by atoms with Crippen LogP contribution in [-0.4, -0.2) is 34.7 Å². The third-order valence-corrected chi connectivity index (χ3v) is 4.61. The average molecular weight is 360 g/mol. The first-order valence-electron chi connectivity index (χ1n) is 8.76. The van der Waals surface area contributed by atoms with Crippen molar-refractivity contribution in [1.29, 1.82) is 0 Å². The number of amides is 1. The Labute approximate surface area is 156 Å². The molecule has 0 fully saturated rings. The number of carbonyl (C=O) groups is 1. The van der Waals surface area contributed by atoms with Crippen LogP contribution in [0.4, 0.5) is 0 Å². The molecule has 0 saturated carbocycles. The molecule has 0 radical (unpaired) electrons. The number of hydrogen-bond acceptors (Lipinski definition) is 3. The number of aromatic amines is 2. The van der Waals surface area contributed by atoms with E-state index >= 15 is 0 Å². The number of carbonyl (C=O) groups excluding carboxylic acids is 1. The third kappa shape index (κ3) is 3.55. The number of ether oxygens (including phenoxy) is 1. The standard InChI is InChI=1S/C21H20N4O2/c1-27-18-5-6-20-19(10-18)16(11-23-20)7-8-22-21(26)15-4-2-3-14(9-15)17-12-24-25-13-17/h2-6,9-13,23H,7-8H2,1H3,(H,22,26)(H,24,25). The van der Waals surface area contributed by atoms with E-state index < -0.39 is 0 Å². The molecule has 2 aromatic carbocycles. The topological polar surface area (TPSA) is 82.8 Å². The van der Waals surface area contributed by atoms with Crippen LogP contribution >= 0.6 is 0 Å². The van der Waals surface area contributed by atoms with Crippen molar-refractivity contribution in [2.75, 3.05) is 13.7 Å². The van der Waals surface area contributed by atoms with Gasteiger partial charge in [0.25, 0.3) is 5.91 Å². The van der Waals surface area contributed by atoms with E-state index in [0.717, 1.165) is 39.8 Å². The Kier molecular flexibility index (Phi) is 4.61. The van der Waals surface area contributed by atoms with Gasteiger partial charge in [0, 0.05) is 41.0 Å². The summed E-state index contributed by atoms with van der Waals surface area (Å²) in [5.41, 5.74) is 4.76. The van der Waals surface area contributed by atoms with Gasteiger partial charge in [-0.25, -0.2) is 0 Å². The van der Waals surface area contributed by atoms with E-state index in [9.17, 15) is 4.79 Å². The lowest BCUT2D eigenvalue weighted by Gasteiger charge is -2.07. The zero-order chi connectivity index (χ0) is 18.6. The first-order chi connectivity index (χ1) is 13.2. The van der Waals surface area contributed by atoms with Gasteiger partial charge in [0.05, 0.1) is 13.3 Å². The second-order valence-corrected chi connectivity index (χ2v) is 6.30. The van der Waals surface area contributed by atoms with Crippen molar-refractivity contribution in [3.8, 4) is 16.9 Å². The number of aromatic nitrogens is 3. The Morgan fingerprint density at radius 3 is 2.89 bits per heavy atom. The summed E-state index contributed by atoms with van der Waals surface area (Å²) in [7, 11) is 1.66. The Bertz CT molecular complexity index is 1070. The maximum absolute atomic E-state index is 12.5. The van der Waals surface area contributed by atoms with E-state index in [1.807, 2.05) is 54.9 Å². The molecule has 0 aliphatic heterocycles. The molecule has 2 heterocycles. The minimum atomic E-state index is -0.0854. The molecule has 1 amide bonds. The van der Waals surface area contributed by atoms with Crippen LogP contribution in [0.25, 0.3) is 22.0 Å². The van der Waals surface area contributed by atoms with Crippen molar-refractivity contribution in [3.05, 3.63) is 72.2 Å². The van der Waals surface area contributed by atoms with Gasteiger partial charge in [-0.3, -0.25) is 9.89 Å². The molecular formula is C21H20N4O2. The second kappa shape index (κ2) is 7.37. The molecule has 0 unspecified atom stereocenters. The molecule has 4 rings (SSSR count). The molecular weight excluding hydrogens is 340 g/mol. The van der Waals surface area contributed by atoms with Gasteiger partial charge in [0.2, 0.25) is 0 Å². The minimum absolute atomic E-state index is 0.0854.